The van der Waals surface area contributed by atoms with Crippen molar-refractivity contribution in [3.05, 3.63) is 71.3 Å². The van der Waals surface area contributed by atoms with E-state index in [0.29, 0.717) is 19.4 Å². The van der Waals surface area contributed by atoms with E-state index in [1.165, 1.54) is 0 Å². The number of aryl methyl sites for hydroxylation is 1. The van der Waals surface area contributed by atoms with Crippen LogP contribution < -0.4 is 16.4 Å². The first kappa shape index (κ1) is 26.9. The number of hydrogen-bond donors (Lipinski definition) is 3. The summed E-state index contributed by atoms with van der Waals surface area (Å²) in [7, 11) is 0. The van der Waals surface area contributed by atoms with Gasteiger partial charge in [-0.25, -0.2) is 0 Å². The zero-order valence-electron chi connectivity index (χ0n) is 22.2. The number of nitrogens with two attached hydrogens (primary N) is 1. The maximum atomic E-state index is 14.0. The largest absolute Gasteiger partial charge is 0.352 e. The van der Waals surface area contributed by atoms with E-state index in [0.717, 1.165) is 42.4 Å². The third-order valence-electron chi connectivity index (χ3n) is 7.72. The summed E-state index contributed by atoms with van der Waals surface area (Å²) in [5, 5.41) is 5.89. The quantitative estimate of drug-likeness (QED) is 0.486. The van der Waals surface area contributed by atoms with E-state index in [1.807, 2.05) is 60.4 Å². The average molecular weight is 505 g/mol. The Morgan fingerprint density at radius 2 is 1.62 bits per heavy atom. The summed E-state index contributed by atoms with van der Waals surface area (Å²) in [5.41, 5.74) is 7.91. The molecule has 0 aliphatic carbocycles. The number of hydrogen-bond acceptors (Lipinski definition) is 4. The van der Waals surface area contributed by atoms with Gasteiger partial charge >= 0.3 is 0 Å². The second-order valence-electron chi connectivity index (χ2n) is 11.0. The number of rotatable bonds is 9. The molecule has 2 aromatic carbocycles. The van der Waals surface area contributed by atoms with Crippen molar-refractivity contribution in [3.8, 4) is 0 Å². The van der Waals surface area contributed by atoms with Gasteiger partial charge in [-0.1, -0.05) is 48.5 Å². The van der Waals surface area contributed by atoms with Crippen molar-refractivity contribution in [2.75, 3.05) is 6.54 Å². The Kier molecular flexibility index (Phi) is 8.32. The summed E-state index contributed by atoms with van der Waals surface area (Å²) in [5.74, 6) is -0.161. The van der Waals surface area contributed by atoms with Gasteiger partial charge in [0.05, 0.1) is 5.54 Å². The minimum absolute atomic E-state index is 0.0171. The van der Waals surface area contributed by atoms with Gasteiger partial charge in [0.25, 0.3) is 5.91 Å². The molecule has 2 aromatic rings. The lowest BCUT2D eigenvalue weighted by Gasteiger charge is -2.41. The molecule has 2 bridgehead atoms. The fourth-order valence-corrected chi connectivity index (χ4v) is 5.84. The van der Waals surface area contributed by atoms with Crippen LogP contribution in [0, 0.1) is 0 Å². The van der Waals surface area contributed by atoms with E-state index in [1.54, 1.807) is 13.8 Å². The number of piperidine rings is 1. The molecule has 2 aliphatic rings. The zero-order chi connectivity index (χ0) is 26.6. The summed E-state index contributed by atoms with van der Waals surface area (Å²) in [6.07, 6.45) is 4.73. The van der Waals surface area contributed by atoms with Crippen LogP contribution in [-0.2, 0) is 16.0 Å². The molecule has 0 saturated carbocycles. The van der Waals surface area contributed by atoms with Gasteiger partial charge in [0.2, 0.25) is 11.8 Å². The van der Waals surface area contributed by atoms with Gasteiger partial charge in [-0.15, -0.1) is 0 Å². The third-order valence-corrected chi connectivity index (χ3v) is 7.72. The molecule has 0 aromatic heterocycles. The van der Waals surface area contributed by atoms with Gasteiger partial charge in [-0.05, 0) is 82.4 Å². The number of amides is 3. The summed E-state index contributed by atoms with van der Waals surface area (Å²) in [6, 6.07) is 17.4. The van der Waals surface area contributed by atoms with Crippen LogP contribution in [0.2, 0.25) is 0 Å². The molecule has 198 valence electrons. The highest BCUT2D eigenvalue weighted by Crippen LogP contribution is 2.44. The lowest BCUT2D eigenvalue weighted by atomic mass is 9.82. The fraction of sp³-hybridized carbons (Fsp3) is 0.500. The van der Waals surface area contributed by atoms with E-state index >= 15 is 0 Å². The van der Waals surface area contributed by atoms with Crippen LogP contribution >= 0.6 is 0 Å². The molecule has 2 aliphatic heterocycles. The van der Waals surface area contributed by atoms with Crippen molar-refractivity contribution >= 4 is 17.7 Å². The Hall–Kier alpha value is -3.19. The topological polar surface area (TPSA) is 105 Å². The predicted octanol–water partition coefficient (Wildman–Crippen LogP) is 3.53. The normalized spacial score (nSPS) is 21.8. The highest BCUT2D eigenvalue weighted by atomic mass is 16.2. The monoisotopic (exact) mass is 504 g/mol. The van der Waals surface area contributed by atoms with Crippen LogP contribution in [0.5, 0.6) is 0 Å². The minimum atomic E-state index is -1.07. The number of nitrogens with one attached hydrogen (secondary N) is 2. The van der Waals surface area contributed by atoms with Crippen molar-refractivity contribution in [1.29, 1.82) is 0 Å². The van der Waals surface area contributed by atoms with Crippen molar-refractivity contribution in [3.63, 3.8) is 0 Å². The van der Waals surface area contributed by atoms with Crippen LogP contribution in [0.15, 0.2) is 54.6 Å². The Labute approximate surface area is 220 Å². The molecule has 3 amide bonds. The molecule has 2 saturated heterocycles. The first-order valence-electron chi connectivity index (χ1n) is 13.5. The summed E-state index contributed by atoms with van der Waals surface area (Å²) >= 11 is 0. The Bertz CT molecular complexity index is 1100. The lowest BCUT2D eigenvalue weighted by molar-refractivity contribution is -0.141. The van der Waals surface area contributed by atoms with Crippen molar-refractivity contribution in [2.45, 2.75) is 88.9 Å². The van der Waals surface area contributed by atoms with Crippen LogP contribution in [-0.4, -0.2) is 52.8 Å². The maximum absolute atomic E-state index is 14.0. The number of benzene rings is 2. The van der Waals surface area contributed by atoms with E-state index in [-0.39, 0.29) is 35.7 Å². The number of fused-ring (bicyclic) bond motifs is 2. The molecule has 37 heavy (non-hydrogen) atoms. The number of nitrogens with zero attached hydrogens (tertiary/aromatic N) is 1. The SMILES string of the molecule is CCNC(=O)c1ccccc1C1C[C@H]2CC[C@@H](C1)N2C(=O)[C@@H](CCc1ccccc1)NC(=O)C(C)(C)N. The summed E-state index contributed by atoms with van der Waals surface area (Å²) in [6.45, 7) is 5.81. The molecule has 4 rings (SSSR count). The van der Waals surface area contributed by atoms with Gasteiger partial charge in [0, 0.05) is 24.2 Å². The van der Waals surface area contributed by atoms with Crippen molar-refractivity contribution < 1.29 is 14.4 Å². The molecule has 7 heteroatoms. The highest BCUT2D eigenvalue weighted by Gasteiger charge is 2.46. The Balaban J connectivity index is 1.52. The van der Waals surface area contributed by atoms with Crippen molar-refractivity contribution in [2.24, 2.45) is 5.73 Å². The molecule has 4 atom stereocenters. The van der Waals surface area contributed by atoms with Gasteiger partial charge in [0.15, 0.2) is 0 Å². The van der Waals surface area contributed by atoms with Crippen LogP contribution in [0.3, 0.4) is 0 Å². The van der Waals surface area contributed by atoms with Crippen molar-refractivity contribution in [1.82, 2.24) is 15.5 Å². The first-order valence-corrected chi connectivity index (χ1v) is 13.5. The summed E-state index contributed by atoms with van der Waals surface area (Å²) in [4.78, 5) is 41.5. The zero-order valence-corrected chi connectivity index (χ0v) is 22.2. The van der Waals surface area contributed by atoms with Gasteiger partial charge in [-0.3, -0.25) is 14.4 Å². The smallest absolute Gasteiger partial charge is 0.251 e. The Morgan fingerprint density at radius 1 is 1.00 bits per heavy atom. The van der Waals surface area contributed by atoms with E-state index in [4.69, 9.17) is 5.73 Å². The first-order chi connectivity index (χ1) is 17.7. The molecule has 4 N–H and O–H groups in total. The Morgan fingerprint density at radius 3 is 2.24 bits per heavy atom. The second-order valence-corrected chi connectivity index (χ2v) is 11.0. The molecular weight excluding hydrogens is 464 g/mol. The lowest BCUT2D eigenvalue weighted by Crippen LogP contribution is -2.58. The van der Waals surface area contributed by atoms with Crippen LogP contribution in [0.4, 0.5) is 0 Å². The molecule has 1 unspecified atom stereocenters. The fourth-order valence-electron chi connectivity index (χ4n) is 5.84. The van der Waals surface area contributed by atoms with E-state index < -0.39 is 11.6 Å². The van der Waals surface area contributed by atoms with Gasteiger partial charge in [-0.2, -0.15) is 0 Å². The standard InChI is InChI=1S/C30H40N4O3/c1-4-32-27(35)25-13-9-8-12-24(25)21-18-22-15-16-23(19-21)34(22)28(36)26(33-29(37)30(2,3)31)17-14-20-10-6-5-7-11-20/h5-13,21-23,26H,4,14-19,31H2,1-3H3,(H,32,35)(H,33,37)/t21?,22-,23+,26-/m1/s1. The van der Waals surface area contributed by atoms with Crippen LogP contribution in [0.1, 0.15) is 80.3 Å². The van der Waals surface area contributed by atoms with E-state index in [9.17, 15) is 14.4 Å². The number of carbonyl (C=O) groups excluding carboxylic acids is 3. The molecular formula is C30H40N4O3. The van der Waals surface area contributed by atoms with Gasteiger partial charge in [0.1, 0.15) is 6.04 Å². The minimum Gasteiger partial charge on any atom is -0.352 e. The maximum Gasteiger partial charge on any atom is 0.251 e. The van der Waals surface area contributed by atoms with Gasteiger partial charge < -0.3 is 21.3 Å². The molecule has 2 heterocycles. The molecule has 0 radical (unpaired) electrons. The number of carbonyl (C=O) groups is 3. The highest BCUT2D eigenvalue weighted by molar-refractivity contribution is 5.96. The molecule has 2 fully saturated rings. The third kappa shape index (κ3) is 6.21. The molecule has 0 spiro atoms. The van der Waals surface area contributed by atoms with E-state index in [2.05, 4.69) is 16.7 Å². The molecule has 7 nitrogen and oxygen atoms in total. The van der Waals surface area contributed by atoms with Crippen LogP contribution in [0.25, 0.3) is 0 Å². The predicted molar refractivity (Wildman–Crippen MR) is 145 cm³/mol. The average Bonchev–Trinajstić information content (AvgIpc) is 3.15. The summed E-state index contributed by atoms with van der Waals surface area (Å²) < 4.78 is 0. The second kappa shape index (κ2) is 11.5.